The summed E-state index contributed by atoms with van der Waals surface area (Å²) in [6, 6.07) is 0.330. The predicted molar refractivity (Wildman–Crippen MR) is 65.8 cm³/mol. The van der Waals surface area contributed by atoms with Gasteiger partial charge in [-0.2, -0.15) is 4.98 Å². The molecule has 0 N–H and O–H groups in total. The Hall–Kier alpha value is -1.07. The van der Waals surface area contributed by atoms with Crippen molar-refractivity contribution in [3.8, 4) is 6.01 Å². The lowest BCUT2D eigenvalue weighted by molar-refractivity contribution is -0.00549. The van der Waals surface area contributed by atoms with Crippen LogP contribution in [-0.4, -0.2) is 42.4 Å². The summed E-state index contributed by atoms with van der Waals surface area (Å²) in [7, 11) is 1.54. The van der Waals surface area contributed by atoms with E-state index in [2.05, 4.69) is 14.9 Å². The van der Waals surface area contributed by atoms with Crippen LogP contribution in [0.15, 0.2) is 6.20 Å². The monoisotopic (exact) mass is 257 g/mol. The SMILES string of the molecule is COc1ncc(Cl)c(N2CC(C)OC(C)C2)n1. The van der Waals surface area contributed by atoms with Crippen LogP contribution in [0, 0.1) is 0 Å². The van der Waals surface area contributed by atoms with E-state index in [1.54, 1.807) is 6.20 Å². The largest absolute Gasteiger partial charge is 0.467 e. The van der Waals surface area contributed by atoms with Crippen molar-refractivity contribution in [3.05, 3.63) is 11.2 Å². The third kappa shape index (κ3) is 2.79. The Balaban J connectivity index is 2.26. The molecule has 94 valence electrons. The summed E-state index contributed by atoms with van der Waals surface area (Å²) in [5.74, 6) is 0.709. The van der Waals surface area contributed by atoms with Gasteiger partial charge < -0.3 is 14.4 Å². The van der Waals surface area contributed by atoms with E-state index in [4.69, 9.17) is 21.1 Å². The summed E-state index contributed by atoms with van der Waals surface area (Å²) >= 11 is 6.12. The van der Waals surface area contributed by atoms with E-state index in [9.17, 15) is 0 Å². The summed E-state index contributed by atoms with van der Waals surface area (Å²) in [5, 5.41) is 0.534. The average molecular weight is 258 g/mol. The summed E-state index contributed by atoms with van der Waals surface area (Å²) in [5.41, 5.74) is 0. The maximum Gasteiger partial charge on any atom is 0.318 e. The van der Waals surface area contributed by atoms with Gasteiger partial charge in [-0.05, 0) is 13.8 Å². The summed E-state index contributed by atoms with van der Waals surface area (Å²) in [6.45, 7) is 5.61. The van der Waals surface area contributed by atoms with E-state index >= 15 is 0 Å². The second-order valence-corrected chi connectivity index (χ2v) is 4.60. The van der Waals surface area contributed by atoms with E-state index in [0.29, 0.717) is 16.9 Å². The van der Waals surface area contributed by atoms with Gasteiger partial charge in [-0.15, -0.1) is 0 Å². The number of halogens is 1. The first-order valence-electron chi connectivity index (χ1n) is 5.57. The number of aromatic nitrogens is 2. The summed E-state index contributed by atoms with van der Waals surface area (Å²) in [4.78, 5) is 10.4. The molecular formula is C11H16ClN3O2. The Morgan fingerprint density at radius 2 is 2.06 bits per heavy atom. The molecule has 0 amide bonds. The molecule has 2 unspecified atom stereocenters. The fourth-order valence-electron chi connectivity index (χ4n) is 2.01. The molecule has 1 aliphatic rings. The van der Waals surface area contributed by atoms with Crippen molar-refractivity contribution >= 4 is 17.4 Å². The highest BCUT2D eigenvalue weighted by molar-refractivity contribution is 6.32. The lowest BCUT2D eigenvalue weighted by Gasteiger charge is -2.36. The van der Waals surface area contributed by atoms with E-state index in [1.165, 1.54) is 7.11 Å². The van der Waals surface area contributed by atoms with Gasteiger partial charge in [0.25, 0.3) is 0 Å². The van der Waals surface area contributed by atoms with Crippen molar-refractivity contribution < 1.29 is 9.47 Å². The van der Waals surface area contributed by atoms with Crippen LogP contribution in [0.1, 0.15) is 13.8 Å². The van der Waals surface area contributed by atoms with Gasteiger partial charge in [-0.25, -0.2) is 4.98 Å². The van der Waals surface area contributed by atoms with Crippen LogP contribution in [0.5, 0.6) is 6.01 Å². The normalized spacial score (nSPS) is 24.8. The number of nitrogens with zero attached hydrogens (tertiary/aromatic N) is 3. The van der Waals surface area contributed by atoms with Gasteiger partial charge in [0.05, 0.1) is 25.5 Å². The molecule has 5 nitrogen and oxygen atoms in total. The molecule has 6 heteroatoms. The molecule has 0 saturated carbocycles. The van der Waals surface area contributed by atoms with Gasteiger partial charge in [0.1, 0.15) is 5.02 Å². The third-order valence-corrected chi connectivity index (χ3v) is 2.87. The van der Waals surface area contributed by atoms with Crippen molar-refractivity contribution in [1.29, 1.82) is 0 Å². The zero-order valence-electron chi connectivity index (χ0n) is 10.2. The van der Waals surface area contributed by atoms with Crippen LogP contribution in [0.2, 0.25) is 5.02 Å². The van der Waals surface area contributed by atoms with E-state index < -0.39 is 0 Å². The molecule has 2 heterocycles. The predicted octanol–water partition coefficient (Wildman–Crippen LogP) is 1.75. The lowest BCUT2D eigenvalue weighted by Crippen LogP contribution is -2.46. The minimum absolute atomic E-state index is 0.163. The lowest BCUT2D eigenvalue weighted by atomic mass is 10.2. The minimum atomic E-state index is 0.163. The first-order valence-corrected chi connectivity index (χ1v) is 5.95. The van der Waals surface area contributed by atoms with Crippen LogP contribution in [0.25, 0.3) is 0 Å². The third-order valence-electron chi connectivity index (χ3n) is 2.61. The first-order chi connectivity index (χ1) is 8.10. The van der Waals surface area contributed by atoms with Gasteiger partial charge in [-0.3, -0.25) is 0 Å². The number of methoxy groups -OCH3 is 1. The molecule has 1 aliphatic heterocycles. The highest BCUT2D eigenvalue weighted by Crippen LogP contribution is 2.27. The molecule has 2 rings (SSSR count). The molecule has 0 aromatic carbocycles. The molecule has 1 aromatic rings. The summed E-state index contributed by atoms with van der Waals surface area (Å²) < 4.78 is 10.7. The molecular weight excluding hydrogens is 242 g/mol. The Bertz CT molecular complexity index is 392. The Morgan fingerprint density at radius 3 is 2.65 bits per heavy atom. The van der Waals surface area contributed by atoms with Gasteiger partial charge in [0.15, 0.2) is 5.82 Å². The standard InChI is InChI=1S/C11H16ClN3O2/c1-7-5-15(6-8(2)17-7)10-9(12)4-13-11(14-10)16-3/h4,7-8H,5-6H2,1-3H3. The number of ether oxygens (including phenoxy) is 2. The van der Waals surface area contributed by atoms with E-state index in [-0.39, 0.29) is 12.2 Å². The fourth-order valence-corrected chi connectivity index (χ4v) is 2.22. The number of rotatable bonds is 2. The Kier molecular flexibility index (Phi) is 3.69. The number of hydrogen-bond donors (Lipinski definition) is 0. The van der Waals surface area contributed by atoms with Gasteiger partial charge in [0, 0.05) is 13.1 Å². The molecule has 0 radical (unpaired) electrons. The van der Waals surface area contributed by atoms with Crippen molar-refractivity contribution in [2.24, 2.45) is 0 Å². The highest BCUT2D eigenvalue weighted by Gasteiger charge is 2.25. The zero-order chi connectivity index (χ0) is 12.4. The second-order valence-electron chi connectivity index (χ2n) is 4.19. The zero-order valence-corrected chi connectivity index (χ0v) is 10.9. The van der Waals surface area contributed by atoms with Crippen LogP contribution < -0.4 is 9.64 Å². The quantitative estimate of drug-likeness (QED) is 0.808. The number of anilines is 1. The maximum atomic E-state index is 6.12. The van der Waals surface area contributed by atoms with Crippen LogP contribution in [0.4, 0.5) is 5.82 Å². The van der Waals surface area contributed by atoms with Crippen molar-refractivity contribution in [1.82, 2.24) is 9.97 Å². The highest BCUT2D eigenvalue weighted by atomic mass is 35.5. The van der Waals surface area contributed by atoms with Crippen LogP contribution in [-0.2, 0) is 4.74 Å². The Morgan fingerprint density at radius 1 is 1.41 bits per heavy atom. The van der Waals surface area contributed by atoms with Gasteiger partial charge in [-0.1, -0.05) is 11.6 Å². The number of hydrogen-bond acceptors (Lipinski definition) is 5. The van der Waals surface area contributed by atoms with Crippen molar-refractivity contribution in [3.63, 3.8) is 0 Å². The average Bonchev–Trinajstić information content (AvgIpc) is 2.28. The van der Waals surface area contributed by atoms with E-state index in [1.807, 2.05) is 13.8 Å². The fraction of sp³-hybridized carbons (Fsp3) is 0.636. The topological polar surface area (TPSA) is 47.5 Å². The molecule has 1 fully saturated rings. The van der Waals surface area contributed by atoms with Crippen LogP contribution >= 0.6 is 11.6 Å². The molecule has 1 saturated heterocycles. The van der Waals surface area contributed by atoms with Gasteiger partial charge >= 0.3 is 6.01 Å². The molecule has 0 bridgehead atoms. The number of morpholine rings is 1. The first kappa shape index (κ1) is 12.4. The molecule has 2 atom stereocenters. The van der Waals surface area contributed by atoms with Gasteiger partial charge in [0.2, 0.25) is 0 Å². The second kappa shape index (κ2) is 5.06. The molecule has 0 spiro atoms. The van der Waals surface area contributed by atoms with E-state index in [0.717, 1.165) is 13.1 Å². The van der Waals surface area contributed by atoms with Crippen molar-refractivity contribution in [2.75, 3.05) is 25.1 Å². The molecule has 0 aliphatic carbocycles. The van der Waals surface area contributed by atoms with Crippen LogP contribution in [0.3, 0.4) is 0 Å². The Labute approximate surface area is 106 Å². The van der Waals surface area contributed by atoms with Crippen molar-refractivity contribution in [2.45, 2.75) is 26.1 Å². The maximum absolute atomic E-state index is 6.12. The summed E-state index contributed by atoms with van der Waals surface area (Å²) in [6.07, 6.45) is 1.89. The smallest absolute Gasteiger partial charge is 0.318 e. The molecule has 17 heavy (non-hydrogen) atoms. The molecule has 1 aromatic heterocycles. The minimum Gasteiger partial charge on any atom is -0.467 e.